The van der Waals surface area contributed by atoms with Crippen LogP contribution in [0.15, 0.2) is 59.7 Å². The van der Waals surface area contributed by atoms with Crippen molar-refractivity contribution < 1.29 is 22.7 Å². The van der Waals surface area contributed by atoms with Gasteiger partial charge in [0.25, 0.3) is 5.56 Å². The van der Waals surface area contributed by atoms with Crippen LogP contribution in [-0.2, 0) is 12.7 Å². The predicted molar refractivity (Wildman–Crippen MR) is 121 cm³/mol. The third-order valence-electron chi connectivity index (χ3n) is 5.29. The van der Waals surface area contributed by atoms with Gasteiger partial charge >= 0.3 is 12.3 Å². The molecule has 0 aliphatic carbocycles. The molecule has 1 aliphatic heterocycles. The number of hydrogen-bond donors (Lipinski definition) is 3. The highest BCUT2D eigenvalue weighted by Crippen LogP contribution is 2.39. The van der Waals surface area contributed by atoms with Crippen LogP contribution in [0, 0.1) is 0 Å². The van der Waals surface area contributed by atoms with Crippen molar-refractivity contribution in [2.24, 2.45) is 0 Å². The van der Waals surface area contributed by atoms with Crippen molar-refractivity contribution >= 4 is 23.2 Å². The Kier molecular flexibility index (Phi) is 6.71. The van der Waals surface area contributed by atoms with E-state index in [1.54, 1.807) is 29.3 Å². The predicted octanol–water partition coefficient (Wildman–Crippen LogP) is 4.61. The van der Waals surface area contributed by atoms with Gasteiger partial charge in [-0.15, -0.1) is 0 Å². The molecule has 8 nitrogen and oxygen atoms in total. The molecule has 0 atom stereocenters. The number of hydrogen-bond acceptors (Lipinski definition) is 6. The second-order valence-corrected chi connectivity index (χ2v) is 7.66. The van der Waals surface area contributed by atoms with Gasteiger partial charge in [0.05, 0.1) is 23.5 Å². The number of pyridine rings is 2. The second kappa shape index (κ2) is 9.86. The van der Waals surface area contributed by atoms with E-state index in [-0.39, 0.29) is 29.4 Å². The number of anilines is 3. The van der Waals surface area contributed by atoms with Crippen molar-refractivity contribution in [3.63, 3.8) is 0 Å². The van der Waals surface area contributed by atoms with Crippen molar-refractivity contribution in [2.75, 3.05) is 28.6 Å². The zero-order valence-electron chi connectivity index (χ0n) is 18.0. The molecule has 0 spiro atoms. The SMILES string of the molecule is O=C(Nc1ccc(N2CCCC2)c(C(F)(F)F)c1)Oc1c(NCc2ccccn2)cc[nH]c1=O. The fourth-order valence-corrected chi connectivity index (χ4v) is 3.70. The van der Waals surface area contributed by atoms with E-state index >= 15 is 0 Å². The number of aromatic nitrogens is 2. The van der Waals surface area contributed by atoms with E-state index in [0.717, 1.165) is 18.9 Å². The lowest BCUT2D eigenvalue weighted by Gasteiger charge is -2.23. The maximum atomic E-state index is 13.7. The largest absolute Gasteiger partial charge is 0.418 e. The van der Waals surface area contributed by atoms with E-state index in [2.05, 4.69) is 20.6 Å². The number of H-pyrrole nitrogens is 1. The van der Waals surface area contributed by atoms with Crippen molar-refractivity contribution in [1.82, 2.24) is 9.97 Å². The molecule has 34 heavy (non-hydrogen) atoms. The van der Waals surface area contributed by atoms with Gasteiger partial charge in [-0.25, -0.2) is 4.79 Å². The van der Waals surface area contributed by atoms with Crippen molar-refractivity contribution in [3.05, 3.63) is 76.5 Å². The highest BCUT2D eigenvalue weighted by molar-refractivity contribution is 5.87. The number of ether oxygens (including phenoxy) is 1. The molecule has 0 unspecified atom stereocenters. The smallest absolute Gasteiger partial charge is 0.402 e. The molecule has 1 amide bonds. The Hall–Kier alpha value is -4.02. The van der Waals surface area contributed by atoms with Gasteiger partial charge in [-0.2, -0.15) is 13.2 Å². The Balaban J connectivity index is 1.50. The Morgan fingerprint density at radius 3 is 2.65 bits per heavy atom. The number of amides is 1. The first kappa shape index (κ1) is 23.1. The van der Waals surface area contributed by atoms with Crippen LogP contribution < -0.4 is 25.8 Å². The lowest BCUT2D eigenvalue weighted by atomic mass is 10.1. The van der Waals surface area contributed by atoms with Gasteiger partial charge in [0.15, 0.2) is 0 Å². The Morgan fingerprint density at radius 1 is 1.15 bits per heavy atom. The molecule has 0 radical (unpaired) electrons. The molecule has 0 saturated carbocycles. The van der Waals surface area contributed by atoms with Crippen LogP contribution in [0.1, 0.15) is 24.1 Å². The first-order chi connectivity index (χ1) is 16.3. The van der Waals surface area contributed by atoms with Crippen LogP contribution in [0.25, 0.3) is 0 Å². The number of aromatic amines is 1. The summed E-state index contributed by atoms with van der Waals surface area (Å²) < 4.78 is 46.2. The quantitative estimate of drug-likeness (QED) is 0.484. The standard InChI is InChI=1S/C23H22F3N5O3/c24-23(25,26)17-13-15(6-7-19(17)31-11-3-4-12-31)30-22(33)34-20-18(8-10-28-21(20)32)29-14-16-5-1-2-9-27-16/h1-2,5-10,13H,3-4,11-12,14H2,(H,30,33)(H2,28,29,32). The maximum Gasteiger partial charge on any atom is 0.418 e. The van der Waals surface area contributed by atoms with Gasteiger partial charge in [0.2, 0.25) is 5.75 Å². The second-order valence-electron chi connectivity index (χ2n) is 7.66. The van der Waals surface area contributed by atoms with Crippen LogP contribution in [0.4, 0.5) is 35.0 Å². The zero-order chi connectivity index (χ0) is 24.1. The molecular weight excluding hydrogens is 451 g/mol. The highest BCUT2D eigenvalue weighted by atomic mass is 19.4. The molecule has 0 bridgehead atoms. The molecule has 3 N–H and O–H groups in total. The Labute approximate surface area is 192 Å². The van der Waals surface area contributed by atoms with Gasteiger partial charge in [-0.1, -0.05) is 6.07 Å². The fraction of sp³-hybridized carbons (Fsp3) is 0.261. The van der Waals surface area contributed by atoms with Crippen LogP contribution in [0.3, 0.4) is 0 Å². The van der Waals surface area contributed by atoms with Crippen LogP contribution >= 0.6 is 0 Å². The molecule has 1 aliphatic rings. The van der Waals surface area contributed by atoms with Gasteiger partial charge < -0.3 is 19.9 Å². The molecule has 3 heterocycles. The Morgan fingerprint density at radius 2 is 1.94 bits per heavy atom. The van der Waals surface area contributed by atoms with Crippen LogP contribution in [0.2, 0.25) is 0 Å². The third-order valence-corrected chi connectivity index (χ3v) is 5.29. The van der Waals surface area contributed by atoms with E-state index < -0.39 is 23.4 Å². The van der Waals surface area contributed by atoms with E-state index in [1.807, 2.05) is 0 Å². The highest BCUT2D eigenvalue weighted by Gasteiger charge is 2.36. The average molecular weight is 473 g/mol. The summed E-state index contributed by atoms with van der Waals surface area (Å²) in [7, 11) is 0. The van der Waals surface area contributed by atoms with Crippen LogP contribution in [0.5, 0.6) is 5.75 Å². The summed E-state index contributed by atoms with van der Waals surface area (Å²) in [5.41, 5.74) is -0.634. The molecule has 3 aromatic rings. The normalized spacial score (nSPS) is 13.6. The van der Waals surface area contributed by atoms with Crippen molar-refractivity contribution in [3.8, 4) is 5.75 Å². The molecule has 11 heteroatoms. The van der Waals surface area contributed by atoms with Crippen LogP contribution in [-0.4, -0.2) is 29.2 Å². The summed E-state index contributed by atoms with van der Waals surface area (Å²) in [6, 6.07) is 10.4. The number of carbonyl (C=O) groups is 1. The first-order valence-electron chi connectivity index (χ1n) is 10.6. The number of benzene rings is 1. The summed E-state index contributed by atoms with van der Waals surface area (Å²) in [6.45, 7) is 1.35. The van der Waals surface area contributed by atoms with Crippen molar-refractivity contribution in [2.45, 2.75) is 25.6 Å². The lowest BCUT2D eigenvalue weighted by Crippen LogP contribution is -2.24. The van der Waals surface area contributed by atoms with Gasteiger partial charge in [0, 0.05) is 36.9 Å². The summed E-state index contributed by atoms with van der Waals surface area (Å²) >= 11 is 0. The molecular formula is C23H22F3N5O3. The Bertz CT molecular complexity index is 1210. The molecule has 4 rings (SSSR count). The topological polar surface area (TPSA) is 99.3 Å². The third kappa shape index (κ3) is 5.48. The summed E-state index contributed by atoms with van der Waals surface area (Å²) in [5, 5.41) is 5.24. The van der Waals surface area contributed by atoms with E-state index in [4.69, 9.17) is 4.74 Å². The number of halogens is 3. The minimum Gasteiger partial charge on any atom is -0.402 e. The number of alkyl halides is 3. The number of nitrogens with one attached hydrogen (secondary N) is 3. The van der Waals surface area contributed by atoms with E-state index in [1.165, 1.54) is 24.4 Å². The maximum absolute atomic E-state index is 13.7. The first-order valence-corrected chi connectivity index (χ1v) is 10.6. The summed E-state index contributed by atoms with van der Waals surface area (Å²) in [5.74, 6) is -0.319. The lowest BCUT2D eigenvalue weighted by molar-refractivity contribution is -0.137. The molecule has 2 aromatic heterocycles. The van der Waals surface area contributed by atoms with E-state index in [0.29, 0.717) is 18.8 Å². The summed E-state index contributed by atoms with van der Waals surface area (Å²) in [6.07, 6.45) is -1.05. The molecule has 1 saturated heterocycles. The number of nitrogens with zero attached hydrogens (tertiary/aromatic N) is 2. The summed E-state index contributed by atoms with van der Waals surface area (Å²) in [4.78, 5) is 32.9. The fourth-order valence-electron chi connectivity index (χ4n) is 3.70. The minimum absolute atomic E-state index is 0.0735. The molecule has 1 fully saturated rings. The number of carbonyl (C=O) groups excluding carboxylic acids is 1. The average Bonchev–Trinajstić information content (AvgIpc) is 3.34. The monoisotopic (exact) mass is 473 g/mol. The van der Waals surface area contributed by atoms with Crippen molar-refractivity contribution in [1.29, 1.82) is 0 Å². The van der Waals surface area contributed by atoms with Gasteiger partial charge in [0.1, 0.15) is 0 Å². The molecule has 1 aromatic carbocycles. The van der Waals surface area contributed by atoms with Gasteiger partial charge in [-0.3, -0.25) is 15.1 Å². The van der Waals surface area contributed by atoms with E-state index in [9.17, 15) is 22.8 Å². The minimum atomic E-state index is -4.60. The zero-order valence-corrected chi connectivity index (χ0v) is 18.0. The van der Waals surface area contributed by atoms with Gasteiger partial charge in [-0.05, 0) is 49.2 Å². The number of rotatable bonds is 6. The molecule has 178 valence electrons.